The number of benzene rings is 1. The van der Waals surface area contributed by atoms with Gasteiger partial charge in [0.25, 0.3) is 5.91 Å². The Morgan fingerprint density at radius 2 is 2.05 bits per heavy atom. The first-order valence-corrected chi connectivity index (χ1v) is 9.24. The van der Waals surface area contributed by atoms with Gasteiger partial charge < -0.3 is 5.32 Å². The maximum atomic E-state index is 12.2. The van der Waals surface area contributed by atoms with Crippen LogP contribution in [0, 0.1) is 5.92 Å². The highest BCUT2D eigenvalue weighted by atomic mass is 32.2. The van der Waals surface area contributed by atoms with E-state index in [1.54, 1.807) is 0 Å². The summed E-state index contributed by atoms with van der Waals surface area (Å²) in [7, 11) is -3.42. The van der Waals surface area contributed by atoms with Gasteiger partial charge in [0, 0.05) is 10.7 Å². The van der Waals surface area contributed by atoms with Gasteiger partial charge in [-0.3, -0.25) is 4.79 Å². The van der Waals surface area contributed by atoms with Crippen molar-refractivity contribution >= 4 is 37.4 Å². The van der Waals surface area contributed by atoms with E-state index in [0.717, 1.165) is 10.1 Å². The number of fused-ring (bicyclic) bond motifs is 1. The van der Waals surface area contributed by atoms with Crippen LogP contribution in [-0.2, 0) is 10.0 Å². The molecule has 0 bridgehead atoms. The molecule has 1 saturated carbocycles. The van der Waals surface area contributed by atoms with Crippen molar-refractivity contribution in [1.82, 2.24) is 5.32 Å². The Balaban J connectivity index is 1.58. The molecule has 1 aromatic carbocycles. The highest BCUT2D eigenvalue weighted by Gasteiger charge is 2.33. The van der Waals surface area contributed by atoms with E-state index in [0.29, 0.717) is 17.7 Å². The van der Waals surface area contributed by atoms with Crippen LogP contribution in [0.4, 0.5) is 0 Å². The summed E-state index contributed by atoms with van der Waals surface area (Å²) in [4.78, 5) is 12.9. The highest BCUT2D eigenvalue weighted by molar-refractivity contribution is 7.89. The van der Waals surface area contributed by atoms with E-state index in [4.69, 9.17) is 5.14 Å². The van der Waals surface area contributed by atoms with Crippen molar-refractivity contribution in [3.63, 3.8) is 0 Å². The van der Waals surface area contributed by atoms with Crippen molar-refractivity contribution < 1.29 is 13.2 Å². The van der Waals surface area contributed by atoms with Gasteiger partial charge in [-0.25, -0.2) is 13.6 Å². The van der Waals surface area contributed by atoms with Gasteiger partial charge in [0.1, 0.15) is 0 Å². The topological polar surface area (TPSA) is 89.3 Å². The number of hydrogen-bond donors (Lipinski definition) is 2. The molecule has 1 aliphatic carbocycles. The molecule has 7 heteroatoms. The largest absolute Gasteiger partial charge is 0.349 e. The molecule has 1 fully saturated rings. The minimum atomic E-state index is -3.42. The molecule has 0 aliphatic heterocycles. The first-order chi connectivity index (χ1) is 9.90. The van der Waals surface area contributed by atoms with Crippen molar-refractivity contribution in [2.75, 3.05) is 5.75 Å². The molecule has 1 amide bonds. The van der Waals surface area contributed by atoms with Crippen molar-refractivity contribution in [3.05, 3.63) is 35.2 Å². The minimum absolute atomic E-state index is 0.00224. The number of primary sulfonamides is 1. The van der Waals surface area contributed by atoms with Gasteiger partial charge in [-0.2, -0.15) is 0 Å². The Morgan fingerprint density at radius 3 is 2.71 bits per heavy atom. The van der Waals surface area contributed by atoms with Crippen molar-refractivity contribution in [3.8, 4) is 0 Å². The zero-order chi connectivity index (χ0) is 15.0. The molecule has 0 saturated heterocycles. The normalized spacial score (nSPS) is 22.0. The lowest BCUT2D eigenvalue weighted by Crippen LogP contribution is -2.46. The molecule has 112 valence electrons. The maximum absolute atomic E-state index is 12.2. The first-order valence-electron chi connectivity index (χ1n) is 6.70. The Hall–Kier alpha value is -1.44. The van der Waals surface area contributed by atoms with Crippen molar-refractivity contribution in [1.29, 1.82) is 0 Å². The van der Waals surface area contributed by atoms with Crippen LogP contribution in [-0.4, -0.2) is 26.1 Å². The lowest BCUT2D eigenvalue weighted by Gasteiger charge is -2.35. The molecule has 1 aromatic heterocycles. The molecule has 5 nitrogen and oxygen atoms in total. The molecule has 3 N–H and O–H groups in total. The Morgan fingerprint density at radius 1 is 1.33 bits per heavy atom. The van der Waals surface area contributed by atoms with Gasteiger partial charge in [0.15, 0.2) is 0 Å². The van der Waals surface area contributed by atoms with Crippen LogP contribution in [0.2, 0.25) is 0 Å². The molecule has 2 aromatic rings. The van der Waals surface area contributed by atoms with Crippen LogP contribution in [0.1, 0.15) is 22.5 Å². The number of carbonyl (C=O) groups is 1. The van der Waals surface area contributed by atoms with Gasteiger partial charge >= 0.3 is 0 Å². The van der Waals surface area contributed by atoms with Gasteiger partial charge in [0.2, 0.25) is 10.0 Å². The van der Waals surface area contributed by atoms with Crippen LogP contribution < -0.4 is 10.5 Å². The SMILES string of the molecule is NS(=O)(=O)CC1CC(NC(=O)c2cc3ccccc3s2)C1. The number of sulfonamides is 1. The van der Waals surface area contributed by atoms with Crippen LogP contribution in [0.15, 0.2) is 30.3 Å². The molecule has 3 rings (SSSR count). The summed E-state index contributed by atoms with van der Waals surface area (Å²) < 4.78 is 23.0. The van der Waals surface area contributed by atoms with Crippen LogP contribution in [0.5, 0.6) is 0 Å². The molecule has 21 heavy (non-hydrogen) atoms. The molecular formula is C14H16N2O3S2. The summed E-state index contributed by atoms with van der Waals surface area (Å²) >= 11 is 1.46. The van der Waals surface area contributed by atoms with Crippen molar-refractivity contribution in [2.45, 2.75) is 18.9 Å². The second-order valence-electron chi connectivity index (χ2n) is 5.49. The summed E-state index contributed by atoms with van der Waals surface area (Å²) in [6.45, 7) is 0. The second-order valence-corrected chi connectivity index (χ2v) is 8.23. The average molecular weight is 324 g/mol. The fourth-order valence-electron chi connectivity index (χ4n) is 2.67. The summed E-state index contributed by atoms with van der Waals surface area (Å²) in [5, 5.41) is 9.02. The molecule has 0 unspecified atom stereocenters. The summed E-state index contributed by atoms with van der Waals surface area (Å²) in [5.41, 5.74) is 0. The molecule has 1 aliphatic rings. The molecular weight excluding hydrogens is 308 g/mol. The second kappa shape index (κ2) is 5.40. The van der Waals surface area contributed by atoms with E-state index < -0.39 is 10.0 Å². The van der Waals surface area contributed by atoms with Crippen LogP contribution in [0.25, 0.3) is 10.1 Å². The number of thiophene rings is 1. The molecule has 0 atom stereocenters. The summed E-state index contributed by atoms with van der Waals surface area (Å²) in [6.07, 6.45) is 1.35. The Kier molecular flexibility index (Phi) is 3.73. The van der Waals surface area contributed by atoms with E-state index in [2.05, 4.69) is 5.32 Å². The van der Waals surface area contributed by atoms with E-state index in [1.807, 2.05) is 30.3 Å². The monoisotopic (exact) mass is 324 g/mol. The number of rotatable bonds is 4. The quantitative estimate of drug-likeness (QED) is 0.897. The smallest absolute Gasteiger partial charge is 0.261 e. The standard InChI is InChI=1S/C14H16N2O3S2/c15-21(18,19)8-9-5-11(6-9)16-14(17)13-7-10-3-1-2-4-12(10)20-13/h1-4,7,9,11H,5-6,8H2,(H,16,17)(H2,15,18,19). The summed E-state index contributed by atoms with van der Waals surface area (Å²) in [6, 6.07) is 9.80. The molecule has 1 heterocycles. The highest BCUT2D eigenvalue weighted by Crippen LogP contribution is 2.30. The van der Waals surface area contributed by atoms with E-state index in [9.17, 15) is 13.2 Å². The number of amides is 1. The zero-order valence-electron chi connectivity index (χ0n) is 11.3. The first kappa shape index (κ1) is 14.5. The van der Waals surface area contributed by atoms with E-state index in [1.165, 1.54) is 11.3 Å². The van der Waals surface area contributed by atoms with E-state index >= 15 is 0 Å². The number of hydrogen-bond acceptors (Lipinski definition) is 4. The summed E-state index contributed by atoms with van der Waals surface area (Å²) in [5.74, 6) is -0.0228. The van der Waals surface area contributed by atoms with Gasteiger partial charge in [-0.15, -0.1) is 11.3 Å². The number of nitrogens with two attached hydrogens (primary N) is 1. The van der Waals surface area contributed by atoms with Crippen molar-refractivity contribution in [2.24, 2.45) is 11.1 Å². The van der Waals surface area contributed by atoms with Gasteiger partial charge in [0.05, 0.1) is 10.6 Å². The number of nitrogens with one attached hydrogen (secondary N) is 1. The van der Waals surface area contributed by atoms with Crippen LogP contribution >= 0.6 is 11.3 Å². The fraction of sp³-hybridized carbons (Fsp3) is 0.357. The predicted octanol–water partition coefficient (Wildman–Crippen LogP) is 1.70. The number of carbonyl (C=O) groups excluding carboxylic acids is 1. The third-order valence-corrected chi connectivity index (χ3v) is 5.74. The maximum Gasteiger partial charge on any atom is 0.261 e. The van der Waals surface area contributed by atoms with Crippen LogP contribution in [0.3, 0.4) is 0 Å². The minimum Gasteiger partial charge on any atom is -0.349 e. The lowest BCUT2D eigenvalue weighted by atomic mass is 9.81. The Bertz CT molecular complexity index is 743. The lowest BCUT2D eigenvalue weighted by molar-refractivity contribution is 0.0901. The van der Waals surface area contributed by atoms with Gasteiger partial charge in [-0.05, 0) is 36.3 Å². The zero-order valence-corrected chi connectivity index (χ0v) is 12.9. The Labute approximate surface area is 127 Å². The van der Waals surface area contributed by atoms with Gasteiger partial charge in [-0.1, -0.05) is 18.2 Å². The third kappa shape index (κ3) is 3.42. The molecule has 0 radical (unpaired) electrons. The average Bonchev–Trinajstić information content (AvgIpc) is 2.78. The fourth-order valence-corrected chi connectivity index (χ4v) is 4.56. The third-order valence-electron chi connectivity index (χ3n) is 3.69. The predicted molar refractivity (Wildman–Crippen MR) is 83.8 cm³/mol. The molecule has 0 spiro atoms. The van der Waals surface area contributed by atoms with E-state index in [-0.39, 0.29) is 23.6 Å².